The third-order valence-corrected chi connectivity index (χ3v) is 5.56. The van der Waals surface area contributed by atoms with E-state index in [0.717, 1.165) is 12.0 Å². The Bertz CT molecular complexity index is 902. The van der Waals surface area contributed by atoms with Crippen LogP contribution >= 0.6 is 0 Å². The Morgan fingerprint density at radius 3 is 2.27 bits per heavy atom. The first kappa shape index (κ1) is 21.6. The Morgan fingerprint density at radius 2 is 1.70 bits per heavy atom. The number of esters is 3. The fraction of sp³-hybridized carbons (Fsp3) is 0.458. The Labute approximate surface area is 176 Å². The van der Waals surface area contributed by atoms with Gasteiger partial charge in [-0.25, -0.2) is 0 Å². The van der Waals surface area contributed by atoms with Crippen molar-refractivity contribution in [2.75, 3.05) is 13.2 Å². The average molecular weight is 410 g/mol. The van der Waals surface area contributed by atoms with Gasteiger partial charge < -0.3 is 14.2 Å². The number of allylic oxidation sites excluding steroid dienone is 1. The minimum Gasteiger partial charge on any atom is -0.465 e. The summed E-state index contributed by atoms with van der Waals surface area (Å²) in [6.07, 6.45) is 3.11. The molecular weight excluding hydrogens is 384 g/mol. The van der Waals surface area contributed by atoms with Gasteiger partial charge in [0.05, 0.1) is 13.2 Å². The van der Waals surface area contributed by atoms with Crippen molar-refractivity contribution in [2.45, 2.75) is 40.0 Å². The minimum absolute atomic E-state index is 0.106. The summed E-state index contributed by atoms with van der Waals surface area (Å²) in [7, 11) is 0. The molecule has 0 aliphatic heterocycles. The molecule has 0 heterocycles. The van der Waals surface area contributed by atoms with E-state index in [0.29, 0.717) is 6.42 Å². The molecule has 2 fully saturated rings. The second-order valence-corrected chi connectivity index (χ2v) is 7.72. The third kappa shape index (κ3) is 4.40. The van der Waals surface area contributed by atoms with Crippen molar-refractivity contribution in [1.29, 1.82) is 0 Å². The number of ether oxygens (including phenoxy) is 3. The number of hydrogen-bond donors (Lipinski definition) is 0. The van der Waals surface area contributed by atoms with E-state index in [4.69, 9.17) is 14.2 Å². The van der Waals surface area contributed by atoms with E-state index >= 15 is 0 Å². The van der Waals surface area contributed by atoms with Gasteiger partial charge in [0.2, 0.25) is 0 Å². The van der Waals surface area contributed by atoms with Gasteiger partial charge in [-0.05, 0) is 56.6 Å². The van der Waals surface area contributed by atoms with Gasteiger partial charge in [0.15, 0.2) is 11.2 Å². The van der Waals surface area contributed by atoms with Gasteiger partial charge in [-0.15, -0.1) is 0 Å². The molecule has 2 atom stereocenters. The number of rotatable bonds is 6. The third-order valence-electron chi connectivity index (χ3n) is 5.56. The summed E-state index contributed by atoms with van der Waals surface area (Å²) in [6.45, 7) is 5.13. The molecule has 0 spiro atoms. The predicted octanol–water partition coefficient (Wildman–Crippen LogP) is 3.51. The predicted molar refractivity (Wildman–Crippen MR) is 109 cm³/mol. The highest BCUT2D eigenvalue weighted by atomic mass is 16.6. The fourth-order valence-corrected chi connectivity index (χ4v) is 4.16. The van der Waals surface area contributed by atoms with Gasteiger partial charge >= 0.3 is 17.9 Å². The largest absolute Gasteiger partial charge is 0.465 e. The Hall–Kier alpha value is -3.07. The molecular formula is C24H26O6. The molecule has 2 aliphatic carbocycles. The number of benzene rings is 1. The number of fused-ring (bicyclic) bond motifs is 1. The van der Waals surface area contributed by atoms with Crippen molar-refractivity contribution in [3.8, 4) is 11.8 Å². The van der Waals surface area contributed by atoms with Crippen molar-refractivity contribution in [1.82, 2.24) is 0 Å². The molecule has 6 nitrogen and oxygen atoms in total. The lowest BCUT2D eigenvalue weighted by atomic mass is 9.80. The standard InChI is InChI=1S/C24H26O6/c1-4-28-21(26)24(22(27)29-5-2)15-19-14-23(19,16-24)12-11-20(30-17(3)25)13-18-9-7-6-8-10-18/h6-10,13,19H,4-5,14-16H2,1-3H3/b20-13-. The molecule has 30 heavy (non-hydrogen) atoms. The van der Waals surface area contributed by atoms with Crippen LogP contribution in [-0.4, -0.2) is 31.1 Å². The lowest BCUT2D eigenvalue weighted by Crippen LogP contribution is -2.41. The van der Waals surface area contributed by atoms with Gasteiger partial charge in [-0.2, -0.15) is 0 Å². The zero-order valence-electron chi connectivity index (χ0n) is 17.5. The van der Waals surface area contributed by atoms with Gasteiger partial charge in [0.1, 0.15) is 0 Å². The Morgan fingerprint density at radius 1 is 1.07 bits per heavy atom. The molecule has 2 unspecified atom stereocenters. The molecule has 2 saturated carbocycles. The van der Waals surface area contributed by atoms with E-state index in [1.165, 1.54) is 6.92 Å². The van der Waals surface area contributed by atoms with Crippen LogP contribution in [0.25, 0.3) is 6.08 Å². The van der Waals surface area contributed by atoms with E-state index in [9.17, 15) is 14.4 Å². The number of carbonyl (C=O) groups excluding carboxylic acids is 3. The van der Waals surface area contributed by atoms with Crippen molar-refractivity contribution in [2.24, 2.45) is 16.7 Å². The van der Waals surface area contributed by atoms with Crippen molar-refractivity contribution in [3.05, 3.63) is 41.7 Å². The topological polar surface area (TPSA) is 78.9 Å². The van der Waals surface area contributed by atoms with Gasteiger partial charge in [0.25, 0.3) is 0 Å². The molecule has 0 bridgehead atoms. The summed E-state index contributed by atoms with van der Waals surface area (Å²) in [6, 6.07) is 9.41. The normalized spacial score (nSPS) is 23.4. The Balaban J connectivity index is 1.87. The molecule has 158 valence electrons. The molecule has 2 aliphatic rings. The molecule has 0 aromatic heterocycles. The zero-order chi connectivity index (χ0) is 21.8. The van der Waals surface area contributed by atoms with E-state index in [2.05, 4.69) is 11.8 Å². The molecule has 0 saturated heterocycles. The summed E-state index contributed by atoms with van der Waals surface area (Å²) in [4.78, 5) is 36.8. The molecule has 1 aromatic carbocycles. The van der Waals surface area contributed by atoms with Crippen LogP contribution in [0.2, 0.25) is 0 Å². The lowest BCUT2D eigenvalue weighted by molar-refractivity contribution is -0.172. The van der Waals surface area contributed by atoms with Gasteiger partial charge in [-0.3, -0.25) is 14.4 Å². The van der Waals surface area contributed by atoms with Crippen LogP contribution in [0.4, 0.5) is 0 Å². The molecule has 1 aromatic rings. The molecule has 6 heteroatoms. The van der Waals surface area contributed by atoms with Crippen molar-refractivity contribution in [3.63, 3.8) is 0 Å². The van der Waals surface area contributed by atoms with Crippen LogP contribution in [0.5, 0.6) is 0 Å². The highest BCUT2D eigenvalue weighted by molar-refractivity contribution is 6.01. The van der Waals surface area contributed by atoms with Crippen LogP contribution in [0.3, 0.4) is 0 Å². The Kier molecular flexibility index (Phi) is 6.31. The lowest BCUT2D eigenvalue weighted by Gasteiger charge is -2.26. The first-order valence-electron chi connectivity index (χ1n) is 10.2. The number of carbonyl (C=O) groups is 3. The van der Waals surface area contributed by atoms with E-state index < -0.39 is 28.7 Å². The van der Waals surface area contributed by atoms with Crippen LogP contribution in [0.15, 0.2) is 36.1 Å². The highest BCUT2D eigenvalue weighted by Crippen LogP contribution is 2.69. The molecule has 3 rings (SSSR count). The van der Waals surface area contributed by atoms with Crippen molar-refractivity contribution >= 4 is 24.0 Å². The van der Waals surface area contributed by atoms with Crippen LogP contribution in [0.1, 0.15) is 45.6 Å². The second kappa shape index (κ2) is 8.74. The SMILES string of the molecule is CCOC(=O)C1(C(=O)OCC)CC2CC2(C#C/C(=C/c2ccccc2)OC(C)=O)C1. The first-order chi connectivity index (χ1) is 14.3. The van der Waals surface area contributed by atoms with Gasteiger partial charge in [-0.1, -0.05) is 36.3 Å². The van der Waals surface area contributed by atoms with Crippen molar-refractivity contribution < 1.29 is 28.6 Å². The summed E-state index contributed by atoms with van der Waals surface area (Å²) in [5.74, 6) is 4.95. The van der Waals surface area contributed by atoms with Crippen LogP contribution in [-0.2, 0) is 28.6 Å². The van der Waals surface area contributed by atoms with Crippen LogP contribution in [0, 0.1) is 28.6 Å². The van der Waals surface area contributed by atoms with E-state index in [1.807, 2.05) is 30.3 Å². The highest BCUT2D eigenvalue weighted by Gasteiger charge is 2.71. The van der Waals surface area contributed by atoms with E-state index in [1.54, 1.807) is 19.9 Å². The first-order valence-corrected chi connectivity index (χ1v) is 10.2. The quantitative estimate of drug-likeness (QED) is 0.235. The number of hydrogen-bond acceptors (Lipinski definition) is 6. The smallest absolute Gasteiger partial charge is 0.323 e. The van der Waals surface area contributed by atoms with Crippen LogP contribution < -0.4 is 0 Å². The zero-order valence-corrected chi connectivity index (χ0v) is 17.5. The summed E-state index contributed by atoms with van der Waals surface area (Å²) in [5, 5.41) is 0. The maximum Gasteiger partial charge on any atom is 0.323 e. The summed E-state index contributed by atoms with van der Waals surface area (Å²) >= 11 is 0. The van der Waals surface area contributed by atoms with E-state index in [-0.39, 0.29) is 31.3 Å². The summed E-state index contributed by atoms with van der Waals surface area (Å²) < 4.78 is 15.7. The maximum absolute atomic E-state index is 12.7. The minimum atomic E-state index is -1.31. The summed E-state index contributed by atoms with van der Waals surface area (Å²) in [5.41, 5.74) is -0.934. The average Bonchev–Trinajstić information content (AvgIpc) is 3.27. The fourth-order valence-electron chi connectivity index (χ4n) is 4.16. The second-order valence-electron chi connectivity index (χ2n) is 7.72. The maximum atomic E-state index is 12.7. The molecule has 0 radical (unpaired) electrons. The molecule has 0 N–H and O–H groups in total. The van der Waals surface area contributed by atoms with Gasteiger partial charge in [0, 0.05) is 12.3 Å². The monoisotopic (exact) mass is 410 g/mol. The molecule has 0 amide bonds.